The van der Waals surface area contributed by atoms with Crippen LogP contribution in [0.1, 0.15) is 5.82 Å². The maximum atomic E-state index is 11.9. The third-order valence-corrected chi connectivity index (χ3v) is 3.51. The summed E-state index contributed by atoms with van der Waals surface area (Å²) in [5.41, 5.74) is 6.50. The molecule has 0 unspecified atom stereocenters. The lowest BCUT2D eigenvalue weighted by molar-refractivity contribution is -0.147. The van der Waals surface area contributed by atoms with Gasteiger partial charge in [-0.15, -0.1) is 0 Å². The van der Waals surface area contributed by atoms with Crippen molar-refractivity contribution in [1.29, 1.82) is 0 Å². The van der Waals surface area contributed by atoms with Crippen molar-refractivity contribution in [2.45, 2.75) is 6.61 Å². The molecule has 0 aliphatic carbocycles. The molecule has 3 aromatic rings. The van der Waals surface area contributed by atoms with Gasteiger partial charge in [0.2, 0.25) is 11.9 Å². The molecule has 144 valence electrons. The fraction of sp³-hybridized carbons (Fsp3) is 0.158. The molecule has 1 heterocycles. The number of nitrogens with one attached hydrogen (secondary N) is 1. The second-order valence-electron chi connectivity index (χ2n) is 5.55. The van der Waals surface area contributed by atoms with Crippen LogP contribution in [0.25, 0.3) is 0 Å². The van der Waals surface area contributed by atoms with Gasteiger partial charge in [-0.25, -0.2) is 4.79 Å². The first kappa shape index (κ1) is 18.9. The summed E-state index contributed by atoms with van der Waals surface area (Å²) in [5.74, 6) is 1.17. The first-order valence-electron chi connectivity index (χ1n) is 8.37. The van der Waals surface area contributed by atoms with E-state index in [-0.39, 0.29) is 30.9 Å². The summed E-state index contributed by atoms with van der Waals surface area (Å²) in [6.45, 7) is -0.400. The SMILES string of the molecule is COc1ccc(OCC(=O)OCc2nc(N)nc(Nc3ccccc3)n2)cc1. The highest BCUT2D eigenvalue weighted by Crippen LogP contribution is 2.17. The number of nitrogen functional groups attached to an aromatic ring is 1. The number of methoxy groups -OCH3 is 1. The van der Waals surface area contributed by atoms with E-state index < -0.39 is 5.97 Å². The zero-order valence-corrected chi connectivity index (χ0v) is 15.2. The summed E-state index contributed by atoms with van der Waals surface area (Å²) >= 11 is 0. The molecule has 0 saturated heterocycles. The Balaban J connectivity index is 1.52. The van der Waals surface area contributed by atoms with E-state index in [9.17, 15) is 4.79 Å². The third-order valence-electron chi connectivity index (χ3n) is 3.51. The number of hydrogen-bond donors (Lipinski definition) is 2. The molecular formula is C19H19N5O4. The fourth-order valence-electron chi connectivity index (χ4n) is 2.21. The van der Waals surface area contributed by atoms with Crippen LogP contribution in [-0.2, 0) is 16.1 Å². The monoisotopic (exact) mass is 381 g/mol. The lowest BCUT2D eigenvalue weighted by Gasteiger charge is -2.09. The Morgan fingerprint density at radius 2 is 1.71 bits per heavy atom. The average Bonchev–Trinajstić information content (AvgIpc) is 2.71. The van der Waals surface area contributed by atoms with Crippen molar-refractivity contribution in [2.24, 2.45) is 0 Å². The number of carbonyl (C=O) groups excluding carboxylic acids is 1. The van der Waals surface area contributed by atoms with Crippen molar-refractivity contribution in [3.05, 3.63) is 60.4 Å². The minimum atomic E-state index is -0.563. The molecule has 3 N–H and O–H groups in total. The van der Waals surface area contributed by atoms with Crippen LogP contribution in [0.3, 0.4) is 0 Å². The second kappa shape index (κ2) is 9.17. The quantitative estimate of drug-likeness (QED) is 0.566. The fourth-order valence-corrected chi connectivity index (χ4v) is 2.21. The van der Waals surface area contributed by atoms with Crippen LogP contribution in [0.15, 0.2) is 54.6 Å². The van der Waals surface area contributed by atoms with E-state index >= 15 is 0 Å². The summed E-state index contributed by atoms with van der Waals surface area (Å²) in [5, 5.41) is 3.01. The second-order valence-corrected chi connectivity index (χ2v) is 5.55. The number of benzene rings is 2. The predicted molar refractivity (Wildman–Crippen MR) is 102 cm³/mol. The van der Waals surface area contributed by atoms with Crippen LogP contribution >= 0.6 is 0 Å². The molecule has 0 radical (unpaired) electrons. The van der Waals surface area contributed by atoms with Gasteiger partial charge in [-0.05, 0) is 36.4 Å². The van der Waals surface area contributed by atoms with Gasteiger partial charge < -0.3 is 25.3 Å². The van der Waals surface area contributed by atoms with Crippen LogP contribution < -0.4 is 20.5 Å². The number of rotatable bonds is 8. The van der Waals surface area contributed by atoms with Gasteiger partial charge in [0.15, 0.2) is 19.0 Å². The molecule has 0 atom stereocenters. The first-order valence-corrected chi connectivity index (χ1v) is 8.37. The van der Waals surface area contributed by atoms with Gasteiger partial charge in [-0.3, -0.25) is 0 Å². The molecular weight excluding hydrogens is 362 g/mol. The van der Waals surface area contributed by atoms with E-state index in [4.69, 9.17) is 19.9 Å². The van der Waals surface area contributed by atoms with Gasteiger partial charge in [-0.1, -0.05) is 18.2 Å². The molecule has 0 bridgehead atoms. The molecule has 0 spiro atoms. The van der Waals surface area contributed by atoms with Gasteiger partial charge in [0.05, 0.1) is 7.11 Å². The number of anilines is 3. The van der Waals surface area contributed by atoms with Crippen molar-refractivity contribution < 1.29 is 19.0 Å². The Morgan fingerprint density at radius 1 is 1.00 bits per heavy atom. The molecule has 9 heteroatoms. The maximum absolute atomic E-state index is 11.9. The smallest absolute Gasteiger partial charge is 0.344 e. The lowest BCUT2D eigenvalue weighted by atomic mass is 10.3. The first-order chi connectivity index (χ1) is 13.6. The molecule has 1 aromatic heterocycles. The molecule has 0 saturated carbocycles. The summed E-state index contributed by atoms with van der Waals surface area (Å²) in [7, 11) is 1.57. The number of carbonyl (C=O) groups is 1. The highest BCUT2D eigenvalue weighted by Gasteiger charge is 2.09. The van der Waals surface area contributed by atoms with Gasteiger partial charge in [0.25, 0.3) is 0 Å². The summed E-state index contributed by atoms with van der Waals surface area (Å²) in [6.07, 6.45) is 0. The van der Waals surface area contributed by atoms with Crippen molar-refractivity contribution in [1.82, 2.24) is 15.0 Å². The number of nitrogens with zero attached hydrogens (tertiary/aromatic N) is 3. The van der Waals surface area contributed by atoms with Crippen LogP contribution in [0, 0.1) is 0 Å². The minimum absolute atomic E-state index is 0.0222. The molecule has 0 fully saturated rings. The van der Waals surface area contributed by atoms with E-state index in [1.165, 1.54) is 0 Å². The normalized spacial score (nSPS) is 10.2. The van der Waals surface area contributed by atoms with E-state index in [1.807, 2.05) is 30.3 Å². The third kappa shape index (κ3) is 5.56. The number of hydrogen-bond acceptors (Lipinski definition) is 9. The maximum Gasteiger partial charge on any atom is 0.344 e. The highest BCUT2D eigenvalue weighted by atomic mass is 16.6. The lowest BCUT2D eigenvalue weighted by Crippen LogP contribution is -2.16. The van der Waals surface area contributed by atoms with Crippen molar-refractivity contribution in [3.8, 4) is 11.5 Å². The van der Waals surface area contributed by atoms with Crippen molar-refractivity contribution in [3.63, 3.8) is 0 Å². The summed E-state index contributed by atoms with van der Waals surface area (Å²) in [6, 6.07) is 16.2. The highest BCUT2D eigenvalue weighted by molar-refractivity contribution is 5.71. The van der Waals surface area contributed by atoms with Gasteiger partial charge in [-0.2, -0.15) is 15.0 Å². The Labute approximate surface area is 161 Å². The average molecular weight is 381 g/mol. The largest absolute Gasteiger partial charge is 0.497 e. The van der Waals surface area contributed by atoms with E-state index in [1.54, 1.807) is 31.4 Å². The summed E-state index contributed by atoms with van der Waals surface area (Å²) < 4.78 is 15.5. The molecule has 9 nitrogen and oxygen atoms in total. The Kier molecular flexibility index (Phi) is 6.19. The van der Waals surface area contributed by atoms with E-state index in [2.05, 4.69) is 20.3 Å². The predicted octanol–water partition coefficient (Wildman–Crippen LogP) is 2.33. The molecule has 0 aliphatic rings. The number of nitrogens with two attached hydrogens (primary N) is 1. The van der Waals surface area contributed by atoms with Gasteiger partial charge in [0.1, 0.15) is 11.5 Å². The number of ether oxygens (including phenoxy) is 3. The standard InChI is InChI=1S/C19H19N5O4/c1-26-14-7-9-15(10-8-14)27-12-17(25)28-11-16-22-18(20)24-19(23-16)21-13-5-3-2-4-6-13/h2-10H,11-12H2,1H3,(H3,20,21,22,23,24). The van der Waals surface area contributed by atoms with Gasteiger partial charge in [0, 0.05) is 5.69 Å². The number of aromatic nitrogens is 3. The van der Waals surface area contributed by atoms with Crippen molar-refractivity contribution >= 4 is 23.6 Å². The van der Waals surface area contributed by atoms with Crippen LogP contribution in [0.4, 0.5) is 17.6 Å². The minimum Gasteiger partial charge on any atom is -0.497 e. The zero-order chi connectivity index (χ0) is 19.8. The number of esters is 1. The van der Waals surface area contributed by atoms with Crippen LogP contribution in [-0.4, -0.2) is 34.6 Å². The zero-order valence-electron chi connectivity index (χ0n) is 15.2. The van der Waals surface area contributed by atoms with Crippen molar-refractivity contribution in [2.75, 3.05) is 24.8 Å². The Morgan fingerprint density at radius 3 is 2.43 bits per heavy atom. The van der Waals surface area contributed by atoms with E-state index in [0.717, 1.165) is 5.69 Å². The summed E-state index contributed by atoms with van der Waals surface area (Å²) in [4.78, 5) is 24.1. The Bertz CT molecular complexity index is 919. The Hall–Kier alpha value is -3.88. The molecule has 0 amide bonds. The van der Waals surface area contributed by atoms with Crippen LogP contribution in [0.5, 0.6) is 11.5 Å². The van der Waals surface area contributed by atoms with Gasteiger partial charge >= 0.3 is 5.97 Å². The molecule has 28 heavy (non-hydrogen) atoms. The molecule has 0 aliphatic heterocycles. The molecule has 3 rings (SSSR count). The number of para-hydroxylation sites is 1. The van der Waals surface area contributed by atoms with E-state index in [0.29, 0.717) is 11.5 Å². The topological polar surface area (TPSA) is 121 Å². The molecule has 2 aromatic carbocycles. The van der Waals surface area contributed by atoms with Crippen LogP contribution in [0.2, 0.25) is 0 Å².